The van der Waals surface area contributed by atoms with Crippen LogP contribution < -0.4 is 5.73 Å². The molecule has 2 aromatic heterocycles. The largest absolute Gasteiger partial charge is 0.383 e. The maximum absolute atomic E-state index is 5.96. The zero-order chi connectivity index (χ0) is 13.4. The zero-order valence-electron chi connectivity index (χ0n) is 10.5. The van der Waals surface area contributed by atoms with Gasteiger partial charge in [-0.05, 0) is 12.1 Å². The highest BCUT2D eigenvalue weighted by atomic mass is 35.5. The van der Waals surface area contributed by atoms with E-state index in [1.54, 1.807) is 6.20 Å². The van der Waals surface area contributed by atoms with E-state index in [1.165, 1.54) is 0 Å². The van der Waals surface area contributed by atoms with Crippen molar-refractivity contribution in [1.82, 2.24) is 14.8 Å². The minimum absolute atomic E-state index is 0.499. The number of nitrogens with zero attached hydrogens (tertiary/aromatic N) is 3. The number of para-hydroxylation sites is 1. The number of pyridine rings is 1. The molecule has 0 unspecified atom stereocenters. The van der Waals surface area contributed by atoms with Crippen molar-refractivity contribution in [3.8, 4) is 0 Å². The minimum Gasteiger partial charge on any atom is -0.383 e. The standard InChI is InChI=1S/C14H13ClN4/c1-19-13-5-3-2-4-11(13)12(18-19)7-9-6-10(15)8-17-14(9)16/h2-6,8H,7H2,1H3,(H2,16,17). The fourth-order valence-electron chi connectivity index (χ4n) is 2.23. The topological polar surface area (TPSA) is 56.7 Å². The number of rotatable bonds is 2. The summed E-state index contributed by atoms with van der Waals surface area (Å²) in [6.45, 7) is 0. The van der Waals surface area contributed by atoms with Crippen LogP contribution in [0.4, 0.5) is 5.82 Å². The molecule has 0 saturated carbocycles. The molecule has 2 N–H and O–H groups in total. The van der Waals surface area contributed by atoms with E-state index in [4.69, 9.17) is 17.3 Å². The van der Waals surface area contributed by atoms with Crippen molar-refractivity contribution >= 4 is 28.3 Å². The maximum atomic E-state index is 5.96. The summed E-state index contributed by atoms with van der Waals surface area (Å²) in [5.41, 5.74) is 8.87. The van der Waals surface area contributed by atoms with Crippen LogP contribution in [0, 0.1) is 0 Å². The molecule has 0 aliphatic heterocycles. The number of halogens is 1. The normalized spacial score (nSPS) is 11.1. The third-order valence-corrected chi connectivity index (χ3v) is 3.37. The van der Waals surface area contributed by atoms with Crippen LogP contribution in [0.15, 0.2) is 36.5 Å². The molecular formula is C14H13ClN4. The van der Waals surface area contributed by atoms with Crippen molar-refractivity contribution in [2.75, 3.05) is 5.73 Å². The van der Waals surface area contributed by atoms with Crippen LogP contribution in [-0.2, 0) is 13.5 Å². The summed E-state index contributed by atoms with van der Waals surface area (Å²) in [7, 11) is 1.94. The Morgan fingerprint density at radius 1 is 1.32 bits per heavy atom. The van der Waals surface area contributed by atoms with Gasteiger partial charge in [-0.25, -0.2) is 4.98 Å². The fourth-order valence-corrected chi connectivity index (χ4v) is 2.41. The predicted octanol–water partition coefficient (Wildman–Crippen LogP) is 2.79. The third kappa shape index (κ3) is 2.15. The smallest absolute Gasteiger partial charge is 0.127 e. The average molecular weight is 273 g/mol. The van der Waals surface area contributed by atoms with E-state index in [1.807, 2.05) is 36.0 Å². The van der Waals surface area contributed by atoms with Crippen molar-refractivity contribution in [2.45, 2.75) is 6.42 Å². The molecule has 0 radical (unpaired) electrons. The second kappa shape index (κ2) is 4.55. The van der Waals surface area contributed by atoms with Crippen LogP contribution in [0.3, 0.4) is 0 Å². The number of aromatic nitrogens is 3. The lowest BCUT2D eigenvalue weighted by molar-refractivity contribution is 0.774. The number of fused-ring (bicyclic) bond motifs is 1. The second-order valence-electron chi connectivity index (χ2n) is 4.46. The Kier molecular flexibility index (Phi) is 2.87. The summed E-state index contributed by atoms with van der Waals surface area (Å²) >= 11 is 5.96. The van der Waals surface area contributed by atoms with Gasteiger partial charge >= 0.3 is 0 Å². The molecule has 19 heavy (non-hydrogen) atoms. The van der Waals surface area contributed by atoms with E-state index < -0.39 is 0 Å². The third-order valence-electron chi connectivity index (χ3n) is 3.16. The zero-order valence-corrected chi connectivity index (χ0v) is 11.2. The van der Waals surface area contributed by atoms with Crippen molar-refractivity contribution in [3.05, 3.63) is 52.8 Å². The lowest BCUT2D eigenvalue weighted by Gasteiger charge is -2.03. The van der Waals surface area contributed by atoms with Gasteiger partial charge in [-0.3, -0.25) is 4.68 Å². The molecule has 0 saturated heterocycles. The molecule has 2 heterocycles. The summed E-state index contributed by atoms with van der Waals surface area (Å²) < 4.78 is 1.87. The van der Waals surface area contributed by atoms with Gasteiger partial charge in [-0.1, -0.05) is 29.8 Å². The molecule has 0 atom stereocenters. The van der Waals surface area contributed by atoms with Crippen LogP contribution in [0.25, 0.3) is 10.9 Å². The maximum Gasteiger partial charge on any atom is 0.127 e. The summed E-state index contributed by atoms with van der Waals surface area (Å²) in [5.74, 6) is 0.499. The number of benzene rings is 1. The lowest BCUT2D eigenvalue weighted by Crippen LogP contribution is -2.00. The number of hydrogen-bond acceptors (Lipinski definition) is 3. The first-order chi connectivity index (χ1) is 9.15. The van der Waals surface area contributed by atoms with Gasteiger partial charge in [0.1, 0.15) is 5.82 Å². The Hall–Kier alpha value is -2.07. The highest BCUT2D eigenvalue weighted by Crippen LogP contribution is 2.23. The molecule has 1 aromatic carbocycles. The van der Waals surface area contributed by atoms with Crippen molar-refractivity contribution < 1.29 is 0 Å². The lowest BCUT2D eigenvalue weighted by atomic mass is 10.1. The summed E-state index contributed by atoms with van der Waals surface area (Å²) in [6.07, 6.45) is 2.18. The highest BCUT2D eigenvalue weighted by molar-refractivity contribution is 6.30. The molecule has 4 nitrogen and oxygen atoms in total. The summed E-state index contributed by atoms with van der Waals surface area (Å²) in [6, 6.07) is 9.96. The number of nitrogen functional groups attached to an aromatic ring is 1. The Labute approximate surface area is 115 Å². The van der Waals surface area contributed by atoms with E-state index in [9.17, 15) is 0 Å². The minimum atomic E-state index is 0.499. The molecule has 0 fully saturated rings. The van der Waals surface area contributed by atoms with Gasteiger partial charge in [0.05, 0.1) is 16.2 Å². The molecule has 0 amide bonds. The quantitative estimate of drug-likeness (QED) is 0.780. The Bertz CT molecular complexity index is 748. The van der Waals surface area contributed by atoms with Gasteiger partial charge in [0.2, 0.25) is 0 Å². The Morgan fingerprint density at radius 2 is 2.11 bits per heavy atom. The first-order valence-corrected chi connectivity index (χ1v) is 6.33. The van der Waals surface area contributed by atoms with E-state index in [0.717, 1.165) is 22.2 Å². The molecular weight excluding hydrogens is 260 g/mol. The molecule has 0 aliphatic rings. The van der Waals surface area contributed by atoms with Crippen molar-refractivity contribution in [1.29, 1.82) is 0 Å². The van der Waals surface area contributed by atoms with Crippen molar-refractivity contribution in [2.24, 2.45) is 7.05 Å². The summed E-state index contributed by atoms with van der Waals surface area (Å²) in [5, 5.41) is 6.26. The van der Waals surface area contributed by atoms with Crippen molar-refractivity contribution in [3.63, 3.8) is 0 Å². The molecule has 5 heteroatoms. The molecule has 0 spiro atoms. The van der Waals surface area contributed by atoms with E-state index >= 15 is 0 Å². The summed E-state index contributed by atoms with van der Waals surface area (Å²) in [4.78, 5) is 4.07. The van der Waals surface area contributed by atoms with Crippen LogP contribution in [0.2, 0.25) is 5.02 Å². The van der Waals surface area contributed by atoms with E-state index in [-0.39, 0.29) is 0 Å². The monoisotopic (exact) mass is 272 g/mol. The SMILES string of the molecule is Cn1nc(Cc2cc(Cl)cnc2N)c2ccccc21. The van der Waals surface area contributed by atoms with Gasteiger partial charge in [0.25, 0.3) is 0 Å². The van der Waals surface area contributed by atoms with Gasteiger partial charge < -0.3 is 5.73 Å². The van der Waals surface area contributed by atoms with Crippen LogP contribution in [-0.4, -0.2) is 14.8 Å². The first-order valence-electron chi connectivity index (χ1n) is 5.95. The van der Waals surface area contributed by atoms with Gasteiger partial charge in [-0.2, -0.15) is 5.10 Å². The number of aryl methyl sites for hydroxylation is 1. The van der Waals surface area contributed by atoms with Gasteiger partial charge in [0.15, 0.2) is 0 Å². The second-order valence-corrected chi connectivity index (χ2v) is 4.90. The number of nitrogens with two attached hydrogens (primary N) is 1. The fraction of sp³-hybridized carbons (Fsp3) is 0.143. The van der Waals surface area contributed by atoms with E-state index in [0.29, 0.717) is 17.3 Å². The molecule has 0 bridgehead atoms. The molecule has 96 valence electrons. The van der Waals surface area contributed by atoms with Gasteiger partial charge in [0, 0.05) is 30.6 Å². The average Bonchev–Trinajstić information content (AvgIpc) is 2.72. The number of hydrogen-bond donors (Lipinski definition) is 1. The predicted molar refractivity (Wildman–Crippen MR) is 77.2 cm³/mol. The molecule has 0 aliphatic carbocycles. The molecule has 3 rings (SSSR count). The van der Waals surface area contributed by atoms with Crippen LogP contribution in [0.5, 0.6) is 0 Å². The Balaban J connectivity index is 2.08. The highest BCUT2D eigenvalue weighted by Gasteiger charge is 2.11. The van der Waals surface area contributed by atoms with Crippen LogP contribution >= 0.6 is 11.6 Å². The Morgan fingerprint density at radius 3 is 2.95 bits per heavy atom. The van der Waals surface area contributed by atoms with Crippen LogP contribution in [0.1, 0.15) is 11.3 Å². The molecule has 3 aromatic rings. The van der Waals surface area contributed by atoms with Gasteiger partial charge in [-0.15, -0.1) is 0 Å². The van der Waals surface area contributed by atoms with E-state index in [2.05, 4.69) is 16.1 Å². The number of anilines is 1. The first kappa shape index (κ1) is 12.0.